The molecule has 0 aromatic carbocycles. The number of hydrogen-bond acceptors (Lipinski definition) is 4. The van der Waals surface area contributed by atoms with Gasteiger partial charge in [-0.25, -0.2) is 0 Å². The lowest BCUT2D eigenvalue weighted by molar-refractivity contribution is 0.0734. The minimum atomic E-state index is -0.610. The van der Waals surface area contributed by atoms with Crippen molar-refractivity contribution in [1.29, 1.82) is 0 Å². The zero-order valence-electron chi connectivity index (χ0n) is 15.5. The molecule has 1 saturated carbocycles. The van der Waals surface area contributed by atoms with E-state index in [0.717, 1.165) is 43.7 Å². The van der Waals surface area contributed by atoms with Crippen LogP contribution >= 0.6 is 0 Å². The largest absolute Gasteiger partial charge is 0.385 e. The Kier molecular flexibility index (Phi) is 4.58. The highest BCUT2D eigenvalue weighted by Crippen LogP contribution is 2.36. The molecule has 0 spiro atoms. The number of aryl methyl sites for hydroxylation is 1. The van der Waals surface area contributed by atoms with Crippen LogP contribution in [0.4, 0.5) is 0 Å². The monoisotopic (exact) mass is 357 g/mol. The lowest BCUT2D eigenvalue weighted by Crippen LogP contribution is -2.32. The zero-order chi connectivity index (χ0) is 18.3. The summed E-state index contributed by atoms with van der Waals surface area (Å²) in [6.45, 7) is 2.58. The minimum absolute atomic E-state index is 0.0898. The Labute approximate surface area is 153 Å². The standard InChI is InChI=1S/C19H27N5O2/c1-21(2)13-18(25)16-11-15-12-22(8-4-10-24(15)20-16)19(26)17-5-3-9-23(17)14-6-7-14/h3,5,9,11,14,18,25H,4,6-8,10,12-13H2,1-2H3/t18-/m1/s1. The van der Waals surface area contributed by atoms with Crippen molar-refractivity contribution < 1.29 is 9.90 Å². The minimum Gasteiger partial charge on any atom is -0.385 e. The Morgan fingerprint density at radius 1 is 1.38 bits per heavy atom. The number of amides is 1. The summed E-state index contributed by atoms with van der Waals surface area (Å²) < 4.78 is 4.07. The lowest BCUT2D eigenvalue weighted by atomic mass is 10.2. The van der Waals surface area contributed by atoms with Gasteiger partial charge in [-0.1, -0.05) is 0 Å². The van der Waals surface area contributed by atoms with Crippen molar-refractivity contribution in [2.75, 3.05) is 27.2 Å². The summed E-state index contributed by atoms with van der Waals surface area (Å²) in [5, 5.41) is 14.9. The molecule has 2 aliphatic rings. The van der Waals surface area contributed by atoms with Gasteiger partial charge in [-0.2, -0.15) is 5.10 Å². The van der Waals surface area contributed by atoms with Crippen molar-refractivity contribution >= 4 is 5.91 Å². The van der Waals surface area contributed by atoms with E-state index in [1.54, 1.807) is 0 Å². The highest BCUT2D eigenvalue weighted by Gasteiger charge is 2.29. The molecule has 3 heterocycles. The number of aromatic nitrogens is 3. The fraction of sp³-hybridized carbons (Fsp3) is 0.579. The number of carbonyl (C=O) groups excluding carboxylic acids is 1. The van der Waals surface area contributed by atoms with Crippen LogP contribution in [-0.4, -0.2) is 62.3 Å². The van der Waals surface area contributed by atoms with Crippen LogP contribution in [0.2, 0.25) is 0 Å². The normalized spacial score (nSPS) is 18.7. The number of aliphatic hydroxyl groups excluding tert-OH is 1. The number of likely N-dealkylation sites (N-methyl/N-ethyl adjacent to an activating group) is 1. The summed E-state index contributed by atoms with van der Waals surface area (Å²) in [6, 6.07) is 6.33. The average molecular weight is 357 g/mol. The number of nitrogens with zero attached hydrogens (tertiary/aromatic N) is 5. The van der Waals surface area contributed by atoms with Crippen LogP contribution in [-0.2, 0) is 13.1 Å². The first-order valence-corrected chi connectivity index (χ1v) is 9.38. The number of hydrogen-bond donors (Lipinski definition) is 1. The van der Waals surface area contributed by atoms with E-state index in [1.807, 2.05) is 53.0 Å². The van der Waals surface area contributed by atoms with E-state index in [2.05, 4.69) is 9.67 Å². The van der Waals surface area contributed by atoms with E-state index in [1.165, 1.54) is 0 Å². The van der Waals surface area contributed by atoms with Crippen molar-refractivity contribution in [2.24, 2.45) is 0 Å². The molecule has 2 aromatic rings. The van der Waals surface area contributed by atoms with E-state index in [4.69, 9.17) is 0 Å². The van der Waals surface area contributed by atoms with Crippen LogP contribution in [0.3, 0.4) is 0 Å². The molecule has 0 bridgehead atoms. The Hall–Kier alpha value is -2.12. The third kappa shape index (κ3) is 3.41. The molecule has 1 aliphatic heterocycles. The fourth-order valence-electron chi connectivity index (χ4n) is 3.67. The second kappa shape index (κ2) is 6.89. The van der Waals surface area contributed by atoms with E-state index >= 15 is 0 Å². The van der Waals surface area contributed by atoms with Gasteiger partial charge in [0.05, 0.1) is 17.9 Å². The van der Waals surface area contributed by atoms with E-state index in [-0.39, 0.29) is 5.91 Å². The van der Waals surface area contributed by atoms with Crippen molar-refractivity contribution in [3.8, 4) is 0 Å². The Bertz CT molecular complexity index is 790. The molecule has 1 amide bonds. The molecule has 1 N–H and O–H groups in total. The Morgan fingerprint density at radius 3 is 2.92 bits per heavy atom. The van der Waals surface area contributed by atoms with Crippen LogP contribution in [0, 0.1) is 0 Å². The second-order valence-corrected chi connectivity index (χ2v) is 7.67. The predicted octanol–water partition coefficient (Wildman–Crippen LogP) is 1.66. The van der Waals surface area contributed by atoms with E-state index < -0.39 is 6.10 Å². The predicted molar refractivity (Wildman–Crippen MR) is 97.8 cm³/mol. The van der Waals surface area contributed by atoms with Crippen molar-refractivity contribution in [2.45, 2.75) is 44.5 Å². The first kappa shape index (κ1) is 17.3. The lowest BCUT2D eigenvalue weighted by Gasteiger charge is -2.21. The van der Waals surface area contributed by atoms with Crippen LogP contribution in [0.1, 0.15) is 53.3 Å². The third-order valence-corrected chi connectivity index (χ3v) is 5.14. The zero-order valence-corrected chi connectivity index (χ0v) is 15.5. The van der Waals surface area contributed by atoms with E-state index in [0.29, 0.717) is 24.8 Å². The van der Waals surface area contributed by atoms with Gasteiger partial charge in [0, 0.05) is 31.9 Å². The maximum atomic E-state index is 13.1. The SMILES string of the molecule is CN(C)C[C@@H](O)c1cc2n(n1)CCCN(C(=O)c1cccn1C1CC1)C2. The maximum absolute atomic E-state index is 13.1. The molecule has 7 nitrogen and oxygen atoms in total. The molecule has 140 valence electrons. The number of rotatable bonds is 5. The van der Waals surface area contributed by atoms with Gasteiger partial charge in [0.1, 0.15) is 11.8 Å². The Balaban J connectivity index is 1.53. The summed E-state index contributed by atoms with van der Waals surface area (Å²) in [5.41, 5.74) is 2.46. The molecular weight excluding hydrogens is 330 g/mol. The summed E-state index contributed by atoms with van der Waals surface area (Å²) in [5.74, 6) is 0.0898. The number of aliphatic hydroxyl groups is 1. The summed E-state index contributed by atoms with van der Waals surface area (Å²) in [4.78, 5) is 16.9. The maximum Gasteiger partial charge on any atom is 0.270 e. The van der Waals surface area contributed by atoms with Crippen molar-refractivity contribution in [3.05, 3.63) is 41.5 Å². The highest BCUT2D eigenvalue weighted by molar-refractivity contribution is 5.92. The summed E-state index contributed by atoms with van der Waals surface area (Å²) in [7, 11) is 3.86. The number of carbonyl (C=O) groups is 1. The first-order chi connectivity index (χ1) is 12.5. The van der Waals surface area contributed by atoms with Crippen molar-refractivity contribution in [1.82, 2.24) is 24.1 Å². The molecule has 1 aliphatic carbocycles. The molecule has 2 aromatic heterocycles. The Morgan fingerprint density at radius 2 is 2.19 bits per heavy atom. The molecule has 0 saturated heterocycles. The number of fused-ring (bicyclic) bond motifs is 1. The van der Waals surface area contributed by atoms with Gasteiger partial charge in [-0.3, -0.25) is 9.48 Å². The molecule has 0 unspecified atom stereocenters. The van der Waals surface area contributed by atoms with Crippen LogP contribution in [0.15, 0.2) is 24.4 Å². The molecule has 1 fully saturated rings. The van der Waals surface area contributed by atoms with Gasteiger partial charge in [0.2, 0.25) is 0 Å². The first-order valence-electron chi connectivity index (χ1n) is 9.38. The molecule has 4 rings (SSSR count). The van der Waals surface area contributed by atoms with Gasteiger partial charge in [-0.15, -0.1) is 0 Å². The highest BCUT2D eigenvalue weighted by atomic mass is 16.3. The smallest absolute Gasteiger partial charge is 0.270 e. The van der Waals surface area contributed by atoms with Crippen molar-refractivity contribution in [3.63, 3.8) is 0 Å². The van der Waals surface area contributed by atoms with Crippen LogP contribution in [0.25, 0.3) is 0 Å². The molecule has 0 radical (unpaired) electrons. The molecular formula is C19H27N5O2. The molecule has 7 heteroatoms. The van der Waals surface area contributed by atoms with E-state index in [9.17, 15) is 9.90 Å². The summed E-state index contributed by atoms with van der Waals surface area (Å²) in [6.07, 6.45) is 4.60. The molecule has 1 atom stereocenters. The summed E-state index contributed by atoms with van der Waals surface area (Å²) >= 11 is 0. The van der Waals surface area contributed by atoms with Gasteiger partial charge in [0.25, 0.3) is 5.91 Å². The van der Waals surface area contributed by atoms with Gasteiger partial charge < -0.3 is 19.5 Å². The quantitative estimate of drug-likeness (QED) is 0.884. The second-order valence-electron chi connectivity index (χ2n) is 7.67. The van der Waals surface area contributed by atoms with Crippen LogP contribution in [0.5, 0.6) is 0 Å². The van der Waals surface area contributed by atoms with Gasteiger partial charge in [-0.05, 0) is 51.6 Å². The fourth-order valence-corrected chi connectivity index (χ4v) is 3.67. The van der Waals surface area contributed by atoms with Gasteiger partial charge >= 0.3 is 0 Å². The van der Waals surface area contributed by atoms with Crippen LogP contribution < -0.4 is 0 Å². The van der Waals surface area contributed by atoms with Gasteiger partial charge in [0.15, 0.2) is 0 Å². The molecule has 26 heavy (non-hydrogen) atoms. The topological polar surface area (TPSA) is 66.5 Å². The third-order valence-electron chi connectivity index (χ3n) is 5.14. The average Bonchev–Trinajstić information content (AvgIpc) is 3.25.